The second kappa shape index (κ2) is 4.22. The lowest BCUT2D eigenvalue weighted by Crippen LogP contribution is -2.01. The molecule has 0 saturated carbocycles. The molecule has 1 aromatic carbocycles. The lowest BCUT2D eigenvalue weighted by atomic mass is 10.0. The molecule has 1 N–H and O–H groups in total. The topological polar surface area (TPSA) is 63.1 Å². The Bertz CT molecular complexity index is 623. The fourth-order valence-electron chi connectivity index (χ4n) is 2.36. The van der Waals surface area contributed by atoms with Crippen molar-refractivity contribution >= 4 is 5.97 Å². The third-order valence-electron chi connectivity index (χ3n) is 3.28. The third kappa shape index (κ3) is 1.86. The maximum atomic E-state index is 10.9. The van der Waals surface area contributed by atoms with Gasteiger partial charge in [-0.1, -0.05) is 12.1 Å². The summed E-state index contributed by atoms with van der Waals surface area (Å²) in [5.41, 5.74) is 4.40. The van der Waals surface area contributed by atoms with Crippen molar-refractivity contribution in [1.82, 2.24) is 9.97 Å². The Labute approximate surface area is 104 Å². The van der Waals surface area contributed by atoms with E-state index < -0.39 is 5.97 Å². The molecule has 1 aromatic heterocycles. The highest BCUT2D eigenvalue weighted by Gasteiger charge is 2.13. The second-order valence-corrected chi connectivity index (χ2v) is 4.43. The minimum Gasteiger partial charge on any atom is -0.477 e. The first-order chi connectivity index (χ1) is 8.74. The van der Waals surface area contributed by atoms with Crippen LogP contribution in [-0.4, -0.2) is 21.0 Å². The summed E-state index contributed by atoms with van der Waals surface area (Å²) < 4.78 is 0. The lowest BCUT2D eigenvalue weighted by molar-refractivity contribution is 0.0690. The van der Waals surface area contributed by atoms with Gasteiger partial charge in [-0.25, -0.2) is 14.8 Å². The summed E-state index contributed by atoms with van der Waals surface area (Å²) in [6.45, 7) is 0. The molecule has 0 bridgehead atoms. The predicted molar refractivity (Wildman–Crippen MR) is 66.5 cm³/mol. The van der Waals surface area contributed by atoms with Crippen molar-refractivity contribution < 1.29 is 9.90 Å². The summed E-state index contributed by atoms with van der Waals surface area (Å²) in [6, 6.07) is 7.73. The molecule has 0 radical (unpaired) electrons. The monoisotopic (exact) mass is 240 g/mol. The normalized spacial score (nSPS) is 13.3. The van der Waals surface area contributed by atoms with E-state index in [1.54, 1.807) is 0 Å². The quantitative estimate of drug-likeness (QED) is 0.875. The van der Waals surface area contributed by atoms with Gasteiger partial charge in [-0.05, 0) is 42.5 Å². The summed E-state index contributed by atoms with van der Waals surface area (Å²) in [6.07, 6.45) is 4.73. The molecule has 0 saturated heterocycles. The van der Waals surface area contributed by atoms with E-state index in [1.807, 2.05) is 6.07 Å². The zero-order valence-corrected chi connectivity index (χ0v) is 9.76. The number of carbonyl (C=O) groups is 1. The summed E-state index contributed by atoms with van der Waals surface area (Å²) >= 11 is 0. The molecule has 2 aromatic rings. The highest BCUT2D eigenvalue weighted by atomic mass is 16.4. The Balaban J connectivity index is 2.04. The standard InChI is InChI=1S/C14H12N2O2/c17-14(18)13-7-12(15-8-16-13)11-5-4-9-2-1-3-10(9)6-11/h4-8H,1-3H2,(H,17,18). The maximum Gasteiger partial charge on any atom is 0.354 e. The number of aromatic nitrogens is 2. The smallest absolute Gasteiger partial charge is 0.354 e. The molecule has 1 aliphatic carbocycles. The molecule has 0 aliphatic heterocycles. The van der Waals surface area contributed by atoms with Crippen molar-refractivity contribution in [3.8, 4) is 11.3 Å². The Morgan fingerprint density at radius 2 is 1.94 bits per heavy atom. The maximum absolute atomic E-state index is 10.9. The van der Waals surface area contributed by atoms with Crippen molar-refractivity contribution in [1.29, 1.82) is 0 Å². The number of nitrogens with zero attached hydrogens (tertiary/aromatic N) is 2. The van der Waals surface area contributed by atoms with Crippen molar-refractivity contribution in [2.45, 2.75) is 19.3 Å². The van der Waals surface area contributed by atoms with Gasteiger partial charge in [0.05, 0.1) is 5.69 Å². The molecule has 18 heavy (non-hydrogen) atoms. The van der Waals surface area contributed by atoms with Gasteiger partial charge in [-0.2, -0.15) is 0 Å². The van der Waals surface area contributed by atoms with Gasteiger partial charge in [0.25, 0.3) is 0 Å². The third-order valence-corrected chi connectivity index (χ3v) is 3.28. The number of aryl methyl sites for hydroxylation is 2. The first-order valence-corrected chi connectivity index (χ1v) is 5.91. The molecule has 1 heterocycles. The van der Waals surface area contributed by atoms with Crippen LogP contribution in [0, 0.1) is 0 Å². The Morgan fingerprint density at radius 3 is 2.78 bits per heavy atom. The van der Waals surface area contributed by atoms with E-state index in [9.17, 15) is 4.79 Å². The van der Waals surface area contributed by atoms with Crippen LogP contribution in [0.4, 0.5) is 0 Å². The van der Waals surface area contributed by atoms with Crippen molar-refractivity contribution in [3.63, 3.8) is 0 Å². The molecule has 1 aliphatic rings. The van der Waals surface area contributed by atoms with Gasteiger partial charge < -0.3 is 5.11 Å². The molecule has 0 atom stereocenters. The minimum absolute atomic E-state index is 0.0282. The van der Waals surface area contributed by atoms with Crippen LogP contribution in [0.3, 0.4) is 0 Å². The highest BCUT2D eigenvalue weighted by molar-refractivity contribution is 5.86. The highest BCUT2D eigenvalue weighted by Crippen LogP contribution is 2.27. The van der Waals surface area contributed by atoms with Crippen LogP contribution < -0.4 is 0 Å². The molecule has 0 amide bonds. The summed E-state index contributed by atoms with van der Waals surface area (Å²) in [5, 5.41) is 8.92. The molecule has 4 heteroatoms. The van der Waals surface area contributed by atoms with Gasteiger partial charge in [0, 0.05) is 5.56 Å². The van der Waals surface area contributed by atoms with Gasteiger partial charge in [0.2, 0.25) is 0 Å². The van der Waals surface area contributed by atoms with Crippen LogP contribution >= 0.6 is 0 Å². The van der Waals surface area contributed by atoms with Crippen LogP contribution in [0.15, 0.2) is 30.6 Å². The fraction of sp³-hybridized carbons (Fsp3) is 0.214. The number of hydrogen-bond donors (Lipinski definition) is 1. The van der Waals surface area contributed by atoms with E-state index in [0.717, 1.165) is 18.4 Å². The van der Waals surface area contributed by atoms with Crippen LogP contribution in [0.25, 0.3) is 11.3 Å². The molecule has 0 unspecified atom stereocenters. The SMILES string of the molecule is O=C(O)c1cc(-c2ccc3c(c2)CCC3)ncn1. The Morgan fingerprint density at radius 1 is 1.11 bits per heavy atom. The number of benzene rings is 1. The van der Waals surface area contributed by atoms with Gasteiger partial charge in [-0.3, -0.25) is 0 Å². The van der Waals surface area contributed by atoms with Crippen LogP contribution in [-0.2, 0) is 12.8 Å². The van der Waals surface area contributed by atoms with Crippen molar-refractivity contribution in [3.05, 3.63) is 47.4 Å². The van der Waals surface area contributed by atoms with E-state index in [2.05, 4.69) is 22.1 Å². The van der Waals surface area contributed by atoms with E-state index in [4.69, 9.17) is 5.11 Å². The summed E-state index contributed by atoms with van der Waals surface area (Å²) in [5.74, 6) is -1.03. The molecule has 0 spiro atoms. The number of fused-ring (bicyclic) bond motifs is 1. The number of hydrogen-bond acceptors (Lipinski definition) is 3. The number of aromatic carboxylic acids is 1. The van der Waals surface area contributed by atoms with Crippen LogP contribution in [0.1, 0.15) is 28.0 Å². The molecule has 3 rings (SSSR count). The Kier molecular flexibility index (Phi) is 2.55. The number of rotatable bonds is 2. The fourth-order valence-corrected chi connectivity index (χ4v) is 2.36. The zero-order chi connectivity index (χ0) is 12.5. The lowest BCUT2D eigenvalue weighted by Gasteiger charge is -2.04. The van der Waals surface area contributed by atoms with Crippen LogP contribution in [0.5, 0.6) is 0 Å². The number of carboxylic acids is 1. The average Bonchev–Trinajstić information content (AvgIpc) is 2.86. The van der Waals surface area contributed by atoms with Gasteiger partial charge in [0.1, 0.15) is 6.33 Å². The van der Waals surface area contributed by atoms with E-state index >= 15 is 0 Å². The van der Waals surface area contributed by atoms with Gasteiger partial charge >= 0.3 is 5.97 Å². The zero-order valence-electron chi connectivity index (χ0n) is 9.76. The van der Waals surface area contributed by atoms with Crippen molar-refractivity contribution in [2.24, 2.45) is 0 Å². The van der Waals surface area contributed by atoms with Crippen LogP contribution in [0.2, 0.25) is 0 Å². The predicted octanol–water partition coefficient (Wildman–Crippen LogP) is 2.33. The van der Waals surface area contributed by atoms with E-state index in [-0.39, 0.29) is 5.69 Å². The molecular formula is C14H12N2O2. The van der Waals surface area contributed by atoms with Gasteiger partial charge in [-0.15, -0.1) is 0 Å². The largest absolute Gasteiger partial charge is 0.477 e. The molecule has 4 nitrogen and oxygen atoms in total. The second-order valence-electron chi connectivity index (χ2n) is 4.43. The molecular weight excluding hydrogens is 228 g/mol. The Hall–Kier alpha value is -2.23. The number of carboxylic acid groups (broad SMARTS) is 1. The van der Waals surface area contributed by atoms with E-state index in [0.29, 0.717) is 5.69 Å². The van der Waals surface area contributed by atoms with Crippen molar-refractivity contribution in [2.75, 3.05) is 0 Å². The minimum atomic E-state index is -1.03. The molecule has 0 fully saturated rings. The summed E-state index contributed by atoms with van der Waals surface area (Å²) in [7, 11) is 0. The first-order valence-electron chi connectivity index (χ1n) is 5.91. The summed E-state index contributed by atoms with van der Waals surface area (Å²) in [4.78, 5) is 18.8. The first kappa shape index (κ1) is 10.9. The van der Waals surface area contributed by atoms with Gasteiger partial charge in [0.15, 0.2) is 5.69 Å². The molecule has 90 valence electrons. The average molecular weight is 240 g/mol. The van der Waals surface area contributed by atoms with E-state index in [1.165, 1.54) is 29.9 Å².